The van der Waals surface area contributed by atoms with Crippen molar-refractivity contribution in [2.75, 3.05) is 19.3 Å². The van der Waals surface area contributed by atoms with Crippen LogP contribution in [0.25, 0.3) is 21.8 Å². The van der Waals surface area contributed by atoms with Crippen LogP contribution in [0, 0.1) is 0 Å². The molecule has 3 aromatic heterocycles. The molecule has 0 saturated carbocycles. The topological polar surface area (TPSA) is 119 Å². The van der Waals surface area contributed by atoms with Gasteiger partial charge in [0.1, 0.15) is 11.9 Å². The Labute approximate surface area is 209 Å². The van der Waals surface area contributed by atoms with Gasteiger partial charge in [0.25, 0.3) is 12.4 Å². The standard InChI is InChI=1S/C24H24F3N7O3/c1-14(37-13-35)11-32(2)34(12-17-6-5-16(9-29-17)24(25,26)27)23(36)15-4-7-20-18(8-15)21-19(22(28)31-20)10-30-33(21)3/h4-10,13-14H,11-12H2,1-3H3,(H2,28,31). The number of amides is 1. The molecule has 0 radical (unpaired) electrons. The Morgan fingerprint density at radius 1 is 1.22 bits per heavy atom. The van der Waals surface area contributed by atoms with Crippen molar-refractivity contribution < 1.29 is 27.5 Å². The number of nitrogens with two attached hydrogens (primary N) is 1. The highest BCUT2D eigenvalue weighted by molar-refractivity contribution is 6.10. The molecule has 3 heterocycles. The van der Waals surface area contributed by atoms with Gasteiger partial charge in [-0.1, -0.05) is 0 Å². The number of rotatable bonds is 8. The van der Waals surface area contributed by atoms with Crippen molar-refractivity contribution in [2.45, 2.75) is 25.7 Å². The van der Waals surface area contributed by atoms with Crippen molar-refractivity contribution in [1.29, 1.82) is 0 Å². The average Bonchev–Trinajstić information content (AvgIpc) is 3.24. The SMILES string of the molecule is CC(CN(C)N(Cc1ccc(C(F)(F)F)cn1)C(=O)c1ccc2nc(N)c3cnn(C)c3c2c1)OC=O. The summed E-state index contributed by atoms with van der Waals surface area (Å²) in [5.41, 5.74) is 6.97. The van der Waals surface area contributed by atoms with Crippen LogP contribution in [-0.4, -0.2) is 61.8 Å². The minimum atomic E-state index is -4.53. The van der Waals surface area contributed by atoms with Crippen LogP contribution in [0.5, 0.6) is 0 Å². The van der Waals surface area contributed by atoms with Gasteiger partial charge < -0.3 is 10.5 Å². The van der Waals surface area contributed by atoms with E-state index in [4.69, 9.17) is 10.5 Å². The zero-order valence-corrected chi connectivity index (χ0v) is 20.2. The molecular weight excluding hydrogens is 491 g/mol. The second kappa shape index (κ2) is 10.0. The number of pyridine rings is 2. The number of anilines is 1. The van der Waals surface area contributed by atoms with E-state index in [2.05, 4.69) is 15.1 Å². The van der Waals surface area contributed by atoms with E-state index >= 15 is 0 Å². The number of ether oxygens (including phenoxy) is 1. The maximum absolute atomic E-state index is 13.7. The van der Waals surface area contributed by atoms with Crippen LogP contribution in [0.4, 0.5) is 19.0 Å². The third-order valence-electron chi connectivity index (χ3n) is 5.87. The van der Waals surface area contributed by atoms with Crippen LogP contribution in [0.1, 0.15) is 28.5 Å². The summed E-state index contributed by atoms with van der Waals surface area (Å²) < 4.78 is 45.5. The Bertz CT molecular complexity index is 1450. The van der Waals surface area contributed by atoms with Gasteiger partial charge in [0.2, 0.25) is 0 Å². The lowest BCUT2D eigenvalue weighted by Gasteiger charge is -2.33. The molecule has 10 nitrogen and oxygen atoms in total. The van der Waals surface area contributed by atoms with Gasteiger partial charge in [-0.05, 0) is 37.3 Å². The fourth-order valence-electron chi connectivity index (χ4n) is 4.03. The van der Waals surface area contributed by atoms with E-state index < -0.39 is 23.8 Å². The molecule has 1 aromatic carbocycles. The first-order valence-electron chi connectivity index (χ1n) is 11.1. The first kappa shape index (κ1) is 25.8. The van der Waals surface area contributed by atoms with E-state index in [1.165, 1.54) is 16.1 Å². The number of halogens is 3. The predicted molar refractivity (Wildman–Crippen MR) is 129 cm³/mol. The van der Waals surface area contributed by atoms with E-state index in [1.54, 1.807) is 50.1 Å². The van der Waals surface area contributed by atoms with Gasteiger partial charge in [0.05, 0.1) is 47.0 Å². The highest BCUT2D eigenvalue weighted by atomic mass is 19.4. The number of aromatic nitrogens is 4. The summed E-state index contributed by atoms with van der Waals surface area (Å²) in [6.07, 6.45) is -2.77. The van der Waals surface area contributed by atoms with Crippen molar-refractivity contribution in [3.8, 4) is 0 Å². The van der Waals surface area contributed by atoms with Crippen molar-refractivity contribution in [3.63, 3.8) is 0 Å². The molecular formula is C24H24F3N7O3. The number of carbonyl (C=O) groups is 2. The van der Waals surface area contributed by atoms with E-state index in [-0.39, 0.29) is 18.8 Å². The normalized spacial score (nSPS) is 12.7. The Kier molecular flexibility index (Phi) is 6.99. The molecule has 13 heteroatoms. The zero-order valence-electron chi connectivity index (χ0n) is 20.2. The molecule has 0 spiro atoms. The molecule has 0 aliphatic rings. The maximum atomic E-state index is 13.7. The molecule has 2 N–H and O–H groups in total. The molecule has 4 rings (SSSR count). The van der Waals surface area contributed by atoms with Gasteiger partial charge in [-0.2, -0.15) is 18.3 Å². The van der Waals surface area contributed by atoms with Gasteiger partial charge in [0, 0.05) is 31.2 Å². The van der Waals surface area contributed by atoms with Crippen LogP contribution in [0.15, 0.2) is 42.7 Å². The fourth-order valence-corrected chi connectivity index (χ4v) is 4.03. The number of hydrazine groups is 1. The first-order valence-corrected chi connectivity index (χ1v) is 11.1. The second-order valence-electron chi connectivity index (χ2n) is 8.54. The van der Waals surface area contributed by atoms with Gasteiger partial charge in [0.15, 0.2) is 0 Å². The van der Waals surface area contributed by atoms with Crippen molar-refractivity contribution in [1.82, 2.24) is 29.8 Å². The summed E-state index contributed by atoms with van der Waals surface area (Å²) in [6, 6.07) is 7.05. The maximum Gasteiger partial charge on any atom is 0.417 e. The lowest BCUT2D eigenvalue weighted by atomic mass is 10.1. The number of carbonyl (C=O) groups excluding carboxylic acids is 2. The van der Waals surface area contributed by atoms with Gasteiger partial charge >= 0.3 is 6.18 Å². The monoisotopic (exact) mass is 515 g/mol. The third kappa shape index (κ3) is 5.31. The molecule has 0 aliphatic carbocycles. The van der Waals surface area contributed by atoms with Gasteiger partial charge in [-0.3, -0.25) is 24.3 Å². The third-order valence-corrected chi connectivity index (χ3v) is 5.87. The number of likely N-dealkylation sites (N-methyl/N-ethyl adjacent to an activating group) is 1. The van der Waals surface area contributed by atoms with E-state index in [0.717, 1.165) is 12.3 Å². The summed E-state index contributed by atoms with van der Waals surface area (Å²) in [7, 11) is 3.36. The number of nitrogen functional groups attached to an aromatic ring is 1. The average molecular weight is 515 g/mol. The zero-order chi connectivity index (χ0) is 26.9. The highest BCUT2D eigenvalue weighted by Gasteiger charge is 2.31. The van der Waals surface area contributed by atoms with Crippen molar-refractivity contribution in [2.24, 2.45) is 7.05 Å². The Morgan fingerprint density at radius 2 is 1.97 bits per heavy atom. The lowest BCUT2D eigenvalue weighted by molar-refractivity contribution is -0.138. The summed E-state index contributed by atoms with van der Waals surface area (Å²) in [5, 5.41) is 8.39. The quantitative estimate of drug-likeness (QED) is 0.281. The Balaban J connectivity index is 1.72. The molecule has 37 heavy (non-hydrogen) atoms. The number of aryl methyl sites for hydroxylation is 1. The summed E-state index contributed by atoms with van der Waals surface area (Å²) >= 11 is 0. The second-order valence-corrected chi connectivity index (χ2v) is 8.54. The number of benzene rings is 1. The predicted octanol–water partition coefficient (Wildman–Crippen LogP) is 3.17. The first-order chi connectivity index (χ1) is 17.5. The molecule has 0 fully saturated rings. The molecule has 194 valence electrons. The fraction of sp³-hybridized carbons (Fsp3) is 0.292. The van der Waals surface area contributed by atoms with E-state index in [1.807, 2.05) is 0 Å². The summed E-state index contributed by atoms with van der Waals surface area (Å²) in [4.78, 5) is 32.8. The van der Waals surface area contributed by atoms with Crippen LogP contribution >= 0.6 is 0 Å². The molecule has 1 unspecified atom stereocenters. The number of alkyl halides is 3. The van der Waals surface area contributed by atoms with E-state index in [0.29, 0.717) is 39.7 Å². The minimum absolute atomic E-state index is 0.125. The Morgan fingerprint density at radius 3 is 2.62 bits per heavy atom. The molecule has 0 bridgehead atoms. The molecule has 1 amide bonds. The largest absolute Gasteiger partial charge is 0.463 e. The van der Waals surface area contributed by atoms with Crippen LogP contribution in [0.2, 0.25) is 0 Å². The molecule has 4 aromatic rings. The minimum Gasteiger partial charge on any atom is -0.463 e. The smallest absolute Gasteiger partial charge is 0.417 e. The molecule has 0 aliphatic heterocycles. The van der Waals surface area contributed by atoms with Gasteiger partial charge in [-0.15, -0.1) is 0 Å². The van der Waals surface area contributed by atoms with Crippen LogP contribution in [-0.2, 0) is 29.3 Å². The van der Waals surface area contributed by atoms with Crippen LogP contribution in [0.3, 0.4) is 0 Å². The summed E-state index contributed by atoms with van der Waals surface area (Å²) in [6.45, 7) is 1.97. The number of nitrogens with zero attached hydrogens (tertiary/aromatic N) is 6. The molecule has 0 saturated heterocycles. The summed E-state index contributed by atoms with van der Waals surface area (Å²) in [5.74, 6) is -0.134. The van der Waals surface area contributed by atoms with E-state index in [9.17, 15) is 22.8 Å². The lowest BCUT2D eigenvalue weighted by Crippen LogP contribution is -2.47. The Hall–Kier alpha value is -4.26. The van der Waals surface area contributed by atoms with Crippen molar-refractivity contribution >= 4 is 40.0 Å². The van der Waals surface area contributed by atoms with Crippen molar-refractivity contribution in [3.05, 3.63) is 59.5 Å². The number of hydrogen-bond donors (Lipinski definition) is 1. The number of fused-ring (bicyclic) bond motifs is 3. The van der Waals surface area contributed by atoms with Crippen LogP contribution < -0.4 is 5.73 Å². The van der Waals surface area contributed by atoms with Gasteiger partial charge in [-0.25, -0.2) is 9.99 Å². The number of hydrogen-bond acceptors (Lipinski definition) is 8. The highest BCUT2D eigenvalue weighted by Crippen LogP contribution is 2.30. The molecule has 1 atom stereocenters.